The Kier molecular flexibility index (Phi) is 7.28. The molecular weight excluding hydrogens is 444 g/mol. The maximum Gasteiger partial charge on any atom is 0.258 e. The van der Waals surface area contributed by atoms with E-state index >= 15 is 0 Å². The van der Waals surface area contributed by atoms with Crippen molar-refractivity contribution < 1.29 is 18.7 Å². The van der Waals surface area contributed by atoms with Gasteiger partial charge in [0.05, 0.1) is 11.6 Å². The molecule has 0 radical (unpaired) electrons. The molecule has 2 N–H and O–H groups in total. The quantitative estimate of drug-likeness (QED) is 0.619. The predicted molar refractivity (Wildman–Crippen MR) is 119 cm³/mol. The van der Waals surface area contributed by atoms with E-state index in [1.807, 2.05) is 31.0 Å². The van der Waals surface area contributed by atoms with Crippen LogP contribution in [0.25, 0.3) is 0 Å². The van der Waals surface area contributed by atoms with Crippen molar-refractivity contribution in [3.8, 4) is 5.75 Å². The van der Waals surface area contributed by atoms with Crippen LogP contribution < -0.4 is 20.3 Å². The number of hydrogen-bond donors (Lipinski definition) is 2. The van der Waals surface area contributed by atoms with Crippen LogP contribution in [0.4, 0.5) is 10.1 Å². The first kappa shape index (κ1) is 23.2. The number of nitrogens with zero attached hydrogens (tertiary/aromatic N) is 1. The third-order valence-corrected chi connectivity index (χ3v) is 5.67. The van der Waals surface area contributed by atoms with Gasteiger partial charge in [-0.15, -0.1) is 0 Å². The van der Waals surface area contributed by atoms with E-state index in [1.165, 1.54) is 12.1 Å². The fourth-order valence-corrected chi connectivity index (χ4v) is 3.84. The Morgan fingerprint density at radius 1 is 1.16 bits per heavy atom. The van der Waals surface area contributed by atoms with Gasteiger partial charge < -0.3 is 20.3 Å². The Morgan fingerprint density at radius 3 is 2.48 bits per heavy atom. The maximum absolute atomic E-state index is 13.4. The monoisotopic (exact) mass is 467 g/mol. The van der Waals surface area contributed by atoms with Gasteiger partial charge >= 0.3 is 0 Å². The van der Waals surface area contributed by atoms with Gasteiger partial charge in [0.2, 0.25) is 5.91 Å². The number of halogens is 3. The van der Waals surface area contributed by atoms with E-state index in [1.54, 1.807) is 12.1 Å². The van der Waals surface area contributed by atoms with Crippen molar-refractivity contribution >= 4 is 40.7 Å². The highest BCUT2D eigenvalue weighted by atomic mass is 35.5. The summed E-state index contributed by atoms with van der Waals surface area (Å²) in [7, 11) is 1.83. The maximum atomic E-state index is 13.4. The van der Waals surface area contributed by atoms with Crippen molar-refractivity contribution in [1.82, 2.24) is 10.6 Å². The highest BCUT2D eigenvalue weighted by molar-refractivity contribution is 6.31. The summed E-state index contributed by atoms with van der Waals surface area (Å²) in [6.07, 6.45) is 1.23. The molecule has 0 unspecified atom stereocenters. The summed E-state index contributed by atoms with van der Waals surface area (Å²) in [5, 5.41) is 6.52. The summed E-state index contributed by atoms with van der Waals surface area (Å²) in [5.41, 5.74) is 0.514. The van der Waals surface area contributed by atoms with Crippen LogP contribution in [0.3, 0.4) is 0 Å². The molecule has 2 aromatic carbocycles. The fraction of sp³-hybridized carbons (Fsp3) is 0.364. The fourth-order valence-electron chi connectivity index (χ4n) is 3.60. The number of anilines is 1. The van der Waals surface area contributed by atoms with Crippen molar-refractivity contribution in [2.75, 3.05) is 25.1 Å². The molecule has 2 aromatic rings. The lowest BCUT2D eigenvalue weighted by Gasteiger charge is -2.46. The van der Waals surface area contributed by atoms with E-state index in [4.69, 9.17) is 27.9 Å². The van der Waals surface area contributed by atoms with Gasteiger partial charge in [-0.3, -0.25) is 9.59 Å². The number of hydrogen-bond acceptors (Lipinski definition) is 4. The number of likely N-dealkylation sites (N-methyl/N-ethyl adjacent to an activating group) is 1. The van der Waals surface area contributed by atoms with Gasteiger partial charge in [0, 0.05) is 35.4 Å². The van der Waals surface area contributed by atoms with Crippen LogP contribution in [0.5, 0.6) is 5.75 Å². The molecule has 31 heavy (non-hydrogen) atoms. The number of carbonyl (C=O) groups is 2. The molecule has 6 nitrogen and oxygen atoms in total. The normalized spacial score (nSPS) is 19.8. The zero-order valence-electron chi connectivity index (χ0n) is 17.3. The molecule has 1 saturated carbocycles. The summed E-state index contributed by atoms with van der Waals surface area (Å²) >= 11 is 11.5. The van der Waals surface area contributed by atoms with Crippen molar-refractivity contribution in [1.29, 1.82) is 0 Å². The number of benzene rings is 2. The highest BCUT2D eigenvalue weighted by Gasteiger charge is 2.42. The van der Waals surface area contributed by atoms with Crippen LogP contribution in [-0.2, 0) is 9.59 Å². The average molecular weight is 468 g/mol. The van der Waals surface area contributed by atoms with E-state index in [-0.39, 0.29) is 47.3 Å². The molecule has 0 saturated heterocycles. The molecular formula is C22H24Cl2FN3O3. The first-order chi connectivity index (χ1) is 14.6. The van der Waals surface area contributed by atoms with Crippen LogP contribution >= 0.6 is 23.2 Å². The highest BCUT2D eigenvalue weighted by Crippen LogP contribution is 2.32. The molecule has 3 rings (SSSR count). The third kappa shape index (κ3) is 6.48. The second kappa shape index (κ2) is 9.75. The van der Waals surface area contributed by atoms with E-state index in [0.29, 0.717) is 17.9 Å². The second-order valence-electron chi connectivity index (χ2n) is 7.98. The Labute approximate surface area is 190 Å². The number of amides is 2. The van der Waals surface area contributed by atoms with Gasteiger partial charge in [0.25, 0.3) is 5.91 Å². The molecule has 1 aliphatic carbocycles. The van der Waals surface area contributed by atoms with Crippen LogP contribution in [0.2, 0.25) is 10.0 Å². The number of nitrogens with one attached hydrogen (secondary N) is 2. The largest absolute Gasteiger partial charge is 0.484 e. The molecule has 1 fully saturated rings. The van der Waals surface area contributed by atoms with E-state index in [2.05, 4.69) is 10.6 Å². The number of carbonyl (C=O) groups excluding carboxylic acids is 2. The Morgan fingerprint density at radius 2 is 1.84 bits per heavy atom. The summed E-state index contributed by atoms with van der Waals surface area (Å²) in [6, 6.07) is 11.2. The van der Waals surface area contributed by atoms with Crippen LogP contribution in [0.15, 0.2) is 42.5 Å². The zero-order chi connectivity index (χ0) is 22.6. The van der Waals surface area contributed by atoms with E-state index in [9.17, 15) is 14.0 Å². The topological polar surface area (TPSA) is 70.7 Å². The van der Waals surface area contributed by atoms with Gasteiger partial charge in [-0.25, -0.2) is 4.39 Å². The van der Waals surface area contributed by atoms with Crippen molar-refractivity contribution in [2.24, 2.45) is 0 Å². The Bertz CT molecular complexity index is 950. The molecule has 2 amide bonds. The SMILES string of the molecule is CN(CC(=O)NC1(C)CC(NC(=O)COc2ccc(Cl)c(F)c2)C1)c1ccc(Cl)cc1. The number of ether oxygens (including phenoxy) is 1. The molecule has 0 spiro atoms. The minimum absolute atomic E-state index is 0.00744. The molecule has 0 heterocycles. The van der Waals surface area contributed by atoms with Crippen molar-refractivity contribution in [3.63, 3.8) is 0 Å². The predicted octanol–water partition coefficient (Wildman–Crippen LogP) is 3.80. The van der Waals surface area contributed by atoms with Crippen molar-refractivity contribution in [3.05, 3.63) is 58.3 Å². The third-order valence-electron chi connectivity index (χ3n) is 5.11. The zero-order valence-corrected chi connectivity index (χ0v) is 18.8. The minimum atomic E-state index is -0.605. The average Bonchev–Trinajstić information content (AvgIpc) is 2.68. The van der Waals surface area contributed by atoms with Crippen molar-refractivity contribution in [2.45, 2.75) is 31.3 Å². The molecule has 9 heteroatoms. The molecule has 0 aliphatic heterocycles. The molecule has 0 bridgehead atoms. The summed E-state index contributed by atoms with van der Waals surface area (Å²) in [5.74, 6) is -0.784. The van der Waals surface area contributed by atoms with E-state index in [0.717, 1.165) is 11.8 Å². The minimum Gasteiger partial charge on any atom is -0.484 e. The number of rotatable bonds is 8. The molecule has 1 aliphatic rings. The molecule has 0 aromatic heterocycles. The van der Waals surface area contributed by atoms with Gasteiger partial charge in [0.1, 0.15) is 11.6 Å². The smallest absolute Gasteiger partial charge is 0.258 e. The molecule has 166 valence electrons. The lowest BCUT2D eigenvalue weighted by Crippen LogP contribution is -2.63. The Hall–Kier alpha value is -2.51. The molecule has 0 atom stereocenters. The van der Waals surface area contributed by atoms with Gasteiger partial charge in [0.15, 0.2) is 6.61 Å². The van der Waals surface area contributed by atoms with Gasteiger partial charge in [-0.2, -0.15) is 0 Å². The Balaban J connectivity index is 1.38. The lowest BCUT2D eigenvalue weighted by molar-refractivity contribution is -0.125. The van der Waals surface area contributed by atoms with E-state index < -0.39 is 5.82 Å². The van der Waals surface area contributed by atoms with Crippen LogP contribution in [0, 0.1) is 5.82 Å². The standard InChI is InChI=1S/C22H24Cl2FN3O3/c1-22(27-20(29)12-28(2)16-5-3-14(23)4-6-16)10-15(11-22)26-21(30)13-31-17-7-8-18(24)19(25)9-17/h3-9,15H,10-13H2,1-2H3,(H,26,30)(H,27,29). The summed E-state index contributed by atoms with van der Waals surface area (Å²) in [4.78, 5) is 26.3. The first-order valence-electron chi connectivity index (χ1n) is 9.78. The van der Waals surface area contributed by atoms with Gasteiger partial charge in [-0.05, 0) is 56.2 Å². The summed E-state index contributed by atoms with van der Waals surface area (Å²) in [6.45, 7) is 1.93. The van der Waals surface area contributed by atoms with Crippen LogP contribution in [0.1, 0.15) is 19.8 Å². The lowest BCUT2D eigenvalue weighted by atomic mass is 9.74. The summed E-state index contributed by atoms with van der Waals surface area (Å²) < 4.78 is 18.7. The second-order valence-corrected chi connectivity index (χ2v) is 8.82. The van der Waals surface area contributed by atoms with Crippen LogP contribution in [-0.4, -0.2) is 43.6 Å². The first-order valence-corrected chi connectivity index (χ1v) is 10.5. The van der Waals surface area contributed by atoms with Gasteiger partial charge in [-0.1, -0.05) is 23.2 Å².